The topological polar surface area (TPSA) is 41.6 Å². The molecule has 1 N–H and O–H groups in total. The van der Waals surface area contributed by atoms with Gasteiger partial charge in [0, 0.05) is 19.7 Å². The fourth-order valence-electron chi connectivity index (χ4n) is 2.90. The summed E-state index contributed by atoms with van der Waals surface area (Å²) in [5.74, 6) is 1.21. The van der Waals surface area contributed by atoms with E-state index < -0.39 is 0 Å². The summed E-state index contributed by atoms with van der Waals surface area (Å²) in [7, 11) is 0. The summed E-state index contributed by atoms with van der Waals surface area (Å²) in [4.78, 5) is 14.4. The van der Waals surface area contributed by atoms with Gasteiger partial charge in [-0.1, -0.05) is 6.92 Å². The van der Waals surface area contributed by atoms with Gasteiger partial charge in [0.1, 0.15) is 0 Å². The lowest BCUT2D eigenvalue weighted by atomic mass is 9.94. The summed E-state index contributed by atoms with van der Waals surface area (Å²) >= 11 is 0. The van der Waals surface area contributed by atoms with E-state index in [1.807, 2.05) is 0 Å². The Morgan fingerprint density at radius 3 is 2.72 bits per heavy atom. The van der Waals surface area contributed by atoms with E-state index >= 15 is 0 Å². The van der Waals surface area contributed by atoms with Gasteiger partial charge in [0.15, 0.2) is 0 Å². The van der Waals surface area contributed by atoms with Crippen LogP contribution in [0.2, 0.25) is 0 Å². The molecule has 2 fully saturated rings. The van der Waals surface area contributed by atoms with E-state index in [4.69, 9.17) is 4.74 Å². The molecule has 1 amide bonds. The molecule has 4 nitrogen and oxygen atoms in total. The van der Waals surface area contributed by atoms with Crippen LogP contribution in [0.4, 0.5) is 0 Å². The van der Waals surface area contributed by atoms with E-state index in [2.05, 4.69) is 17.1 Å². The van der Waals surface area contributed by atoms with Crippen LogP contribution in [0.1, 0.15) is 32.6 Å². The van der Waals surface area contributed by atoms with Gasteiger partial charge < -0.3 is 15.0 Å². The largest absolute Gasteiger partial charge is 0.381 e. The highest BCUT2D eigenvalue weighted by Gasteiger charge is 2.29. The molecule has 0 aromatic heterocycles. The number of ether oxygens (including phenoxy) is 1. The van der Waals surface area contributed by atoms with E-state index in [1.54, 1.807) is 0 Å². The Balaban J connectivity index is 1.73. The first kappa shape index (κ1) is 13.8. The van der Waals surface area contributed by atoms with E-state index in [-0.39, 0.29) is 5.92 Å². The number of rotatable bonds is 4. The first-order valence-corrected chi connectivity index (χ1v) is 7.38. The quantitative estimate of drug-likeness (QED) is 0.821. The van der Waals surface area contributed by atoms with Crippen LogP contribution < -0.4 is 5.32 Å². The van der Waals surface area contributed by atoms with Crippen LogP contribution in [0.25, 0.3) is 0 Å². The standard InChI is InChI=1S/C14H26N2O2/c1-2-15-10-12-5-7-16(8-6-12)14(17)13-4-3-9-18-11-13/h12-13,15H,2-11H2,1H3. The Hall–Kier alpha value is -0.610. The number of hydrogen-bond acceptors (Lipinski definition) is 3. The van der Waals surface area contributed by atoms with Gasteiger partial charge >= 0.3 is 0 Å². The molecule has 1 atom stereocenters. The van der Waals surface area contributed by atoms with Crippen LogP contribution in [-0.4, -0.2) is 50.2 Å². The van der Waals surface area contributed by atoms with Crippen molar-refractivity contribution in [2.45, 2.75) is 32.6 Å². The first-order valence-electron chi connectivity index (χ1n) is 7.38. The van der Waals surface area contributed by atoms with E-state index in [9.17, 15) is 4.79 Å². The van der Waals surface area contributed by atoms with Crippen molar-refractivity contribution in [2.24, 2.45) is 11.8 Å². The number of nitrogens with one attached hydrogen (secondary N) is 1. The molecule has 0 aromatic rings. The van der Waals surface area contributed by atoms with Crippen molar-refractivity contribution in [3.63, 3.8) is 0 Å². The van der Waals surface area contributed by atoms with Crippen molar-refractivity contribution < 1.29 is 9.53 Å². The molecule has 104 valence electrons. The first-order chi connectivity index (χ1) is 8.81. The van der Waals surface area contributed by atoms with Gasteiger partial charge in [0.2, 0.25) is 5.91 Å². The van der Waals surface area contributed by atoms with Crippen molar-refractivity contribution in [1.82, 2.24) is 10.2 Å². The maximum atomic E-state index is 12.3. The fraction of sp³-hybridized carbons (Fsp3) is 0.929. The van der Waals surface area contributed by atoms with E-state index in [1.165, 1.54) is 0 Å². The SMILES string of the molecule is CCNCC1CCN(C(=O)C2CCCOC2)CC1. The monoisotopic (exact) mass is 254 g/mol. The van der Waals surface area contributed by atoms with Gasteiger partial charge in [0.25, 0.3) is 0 Å². The Labute approximate surface area is 110 Å². The lowest BCUT2D eigenvalue weighted by molar-refractivity contribution is -0.141. The predicted molar refractivity (Wildman–Crippen MR) is 71.4 cm³/mol. The third kappa shape index (κ3) is 3.69. The van der Waals surface area contributed by atoms with Crippen molar-refractivity contribution in [3.8, 4) is 0 Å². The minimum atomic E-state index is 0.129. The highest BCUT2D eigenvalue weighted by atomic mass is 16.5. The van der Waals surface area contributed by atoms with Crippen molar-refractivity contribution >= 4 is 5.91 Å². The molecule has 2 aliphatic heterocycles. The molecule has 2 saturated heterocycles. The van der Waals surface area contributed by atoms with Crippen LogP contribution in [-0.2, 0) is 9.53 Å². The molecule has 0 spiro atoms. The predicted octanol–water partition coefficient (Wildman–Crippen LogP) is 1.26. The molecular formula is C14H26N2O2. The van der Waals surface area contributed by atoms with Crippen LogP contribution in [0, 0.1) is 11.8 Å². The molecule has 0 aliphatic carbocycles. The molecule has 4 heteroatoms. The smallest absolute Gasteiger partial charge is 0.228 e. The number of carbonyl (C=O) groups is 1. The summed E-state index contributed by atoms with van der Waals surface area (Å²) < 4.78 is 5.41. The van der Waals surface area contributed by atoms with Gasteiger partial charge in [0.05, 0.1) is 12.5 Å². The summed E-state index contributed by atoms with van der Waals surface area (Å²) in [5, 5.41) is 3.40. The van der Waals surface area contributed by atoms with Crippen molar-refractivity contribution in [1.29, 1.82) is 0 Å². The van der Waals surface area contributed by atoms with Crippen LogP contribution in [0.15, 0.2) is 0 Å². The second-order valence-electron chi connectivity index (χ2n) is 5.49. The minimum Gasteiger partial charge on any atom is -0.381 e. The van der Waals surface area contributed by atoms with Crippen molar-refractivity contribution in [2.75, 3.05) is 39.4 Å². The fourth-order valence-corrected chi connectivity index (χ4v) is 2.90. The molecule has 18 heavy (non-hydrogen) atoms. The average Bonchev–Trinajstić information content (AvgIpc) is 2.46. The van der Waals surface area contributed by atoms with Gasteiger partial charge in [-0.05, 0) is 44.7 Å². The van der Waals surface area contributed by atoms with Crippen LogP contribution in [0.3, 0.4) is 0 Å². The normalized spacial score (nSPS) is 26.3. The van der Waals surface area contributed by atoms with Gasteiger partial charge in [-0.15, -0.1) is 0 Å². The zero-order valence-electron chi connectivity index (χ0n) is 11.5. The third-order valence-electron chi connectivity index (χ3n) is 4.12. The van der Waals surface area contributed by atoms with Crippen LogP contribution >= 0.6 is 0 Å². The van der Waals surface area contributed by atoms with Crippen molar-refractivity contribution in [3.05, 3.63) is 0 Å². The summed E-state index contributed by atoms with van der Waals surface area (Å²) in [6.07, 6.45) is 4.34. The van der Waals surface area contributed by atoms with Gasteiger partial charge in [-0.2, -0.15) is 0 Å². The number of hydrogen-bond donors (Lipinski definition) is 1. The number of amides is 1. The Kier molecular flexibility index (Phi) is 5.45. The molecule has 2 heterocycles. The zero-order chi connectivity index (χ0) is 12.8. The number of likely N-dealkylation sites (tertiary alicyclic amines) is 1. The second kappa shape index (κ2) is 7.10. The maximum Gasteiger partial charge on any atom is 0.228 e. The molecule has 1 unspecified atom stereocenters. The molecule has 2 aliphatic rings. The highest BCUT2D eigenvalue weighted by molar-refractivity contribution is 5.79. The lowest BCUT2D eigenvalue weighted by Gasteiger charge is -2.35. The highest BCUT2D eigenvalue weighted by Crippen LogP contribution is 2.21. The number of piperidine rings is 1. The molecule has 2 rings (SSSR count). The molecule has 0 bridgehead atoms. The molecule has 0 radical (unpaired) electrons. The maximum absolute atomic E-state index is 12.3. The Morgan fingerprint density at radius 1 is 1.33 bits per heavy atom. The summed E-state index contributed by atoms with van der Waals surface area (Å²) in [5.41, 5.74) is 0. The number of nitrogens with zero attached hydrogens (tertiary/aromatic N) is 1. The second-order valence-corrected chi connectivity index (χ2v) is 5.49. The molecule has 0 saturated carbocycles. The Bertz CT molecular complexity index is 257. The molecule has 0 aromatic carbocycles. The number of carbonyl (C=O) groups excluding carboxylic acids is 1. The van der Waals surface area contributed by atoms with Gasteiger partial charge in [-0.3, -0.25) is 4.79 Å². The Morgan fingerprint density at radius 2 is 2.11 bits per heavy atom. The van der Waals surface area contributed by atoms with Crippen LogP contribution in [0.5, 0.6) is 0 Å². The minimum absolute atomic E-state index is 0.129. The van der Waals surface area contributed by atoms with E-state index in [0.29, 0.717) is 12.5 Å². The zero-order valence-corrected chi connectivity index (χ0v) is 11.5. The third-order valence-corrected chi connectivity index (χ3v) is 4.12. The summed E-state index contributed by atoms with van der Waals surface area (Å²) in [6.45, 7) is 7.62. The summed E-state index contributed by atoms with van der Waals surface area (Å²) in [6, 6.07) is 0. The molecular weight excluding hydrogens is 228 g/mol. The van der Waals surface area contributed by atoms with E-state index in [0.717, 1.165) is 64.4 Å². The average molecular weight is 254 g/mol. The van der Waals surface area contributed by atoms with Gasteiger partial charge in [-0.25, -0.2) is 0 Å². The lowest BCUT2D eigenvalue weighted by Crippen LogP contribution is -2.45.